The van der Waals surface area contributed by atoms with E-state index in [1.54, 1.807) is 12.3 Å². The Morgan fingerprint density at radius 2 is 2.37 bits per heavy atom. The summed E-state index contributed by atoms with van der Waals surface area (Å²) in [5, 5.41) is 7.44. The van der Waals surface area contributed by atoms with Crippen LogP contribution in [0.5, 0.6) is 5.75 Å². The Morgan fingerprint density at radius 3 is 3.11 bits per heavy atom. The first kappa shape index (κ1) is 15.2. The molecule has 0 saturated heterocycles. The highest BCUT2D eigenvalue weighted by Gasteiger charge is 1.94. The summed E-state index contributed by atoms with van der Waals surface area (Å²) < 4.78 is 5.55. The Morgan fingerprint density at radius 1 is 1.53 bits per heavy atom. The molecule has 0 fully saturated rings. The molecule has 0 heterocycles. The zero-order valence-electron chi connectivity index (χ0n) is 11.1. The summed E-state index contributed by atoms with van der Waals surface area (Å²) >= 11 is 5.01. The van der Waals surface area contributed by atoms with Crippen molar-refractivity contribution in [2.75, 3.05) is 13.2 Å². The topological polar surface area (TPSA) is 45.7 Å². The molecule has 1 aromatic carbocycles. The van der Waals surface area contributed by atoms with Crippen LogP contribution in [0.15, 0.2) is 42.0 Å². The maximum Gasteiger partial charge on any atom is 0.187 e. The molecule has 4 nitrogen and oxygen atoms in total. The summed E-state index contributed by atoms with van der Waals surface area (Å²) in [6.45, 7) is 7.00. The number of benzene rings is 1. The Kier molecular flexibility index (Phi) is 7.27. The van der Waals surface area contributed by atoms with Crippen molar-refractivity contribution in [3.05, 3.63) is 42.5 Å². The fourth-order valence-electron chi connectivity index (χ4n) is 1.27. The molecular formula is C14H19N3OS. The molecule has 0 amide bonds. The predicted octanol–water partition coefficient (Wildman–Crippen LogP) is 2.46. The molecule has 0 atom stereocenters. The largest absolute Gasteiger partial charge is 0.494 e. The SMILES string of the molecule is C=CCNC(=S)NN=Cc1cccc(OCCC)c1. The molecule has 102 valence electrons. The minimum absolute atomic E-state index is 0.467. The van der Waals surface area contributed by atoms with Crippen molar-refractivity contribution in [1.29, 1.82) is 0 Å². The Bertz CT molecular complexity index is 446. The van der Waals surface area contributed by atoms with Crippen molar-refractivity contribution in [3.63, 3.8) is 0 Å². The molecule has 0 bridgehead atoms. The molecule has 0 spiro atoms. The van der Waals surface area contributed by atoms with Gasteiger partial charge in [-0.15, -0.1) is 6.58 Å². The number of ether oxygens (including phenoxy) is 1. The van der Waals surface area contributed by atoms with E-state index in [2.05, 4.69) is 29.3 Å². The quantitative estimate of drug-likeness (QED) is 0.348. The van der Waals surface area contributed by atoms with E-state index in [1.165, 1.54) is 0 Å². The molecule has 0 aromatic heterocycles. The standard InChI is InChI=1S/C14H19N3OS/c1-3-8-15-14(19)17-16-11-12-6-5-7-13(10-12)18-9-4-2/h3,5-7,10-11H,1,4,8-9H2,2H3,(H2,15,17,19). The zero-order valence-corrected chi connectivity index (χ0v) is 11.9. The first-order chi connectivity index (χ1) is 9.26. The Hall–Kier alpha value is -1.88. The van der Waals surface area contributed by atoms with E-state index in [1.807, 2.05) is 24.3 Å². The maximum atomic E-state index is 5.55. The third-order valence-electron chi connectivity index (χ3n) is 2.12. The van der Waals surface area contributed by atoms with Crippen LogP contribution in [0, 0.1) is 0 Å². The summed E-state index contributed by atoms with van der Waals surface area (Å²) in [6, 6.07) is 7.74. The summed E-state index contributed by atoms with van der Waals surface area (Å²) in [4.78, 5) is 0. The minimum atomic E-state index is 0.467. The molecule has 0 aliphatic rings. The van der Waals surface area contributed by atoms with E-state index < -0.39 is 0 Å². The van der Waals surface area contributed by atoms with Crippen LogP contribution in [0.1, 0.15) is 18.9 Å². The van der Waals surface area contributed by atoms with Gasteiger partial charge in [-0.2, -0.15) is 5.10 Å². The van der Waals surface area contributed by atoms with Crippen LogP contribution in [0.25, 0.3) is 0 Å². The van der Waals surface area contributed by atoms with Crippen molar-refractivity contribution in [2.24, 2.45) is 5.10 Å². The van der Waals surface area contributed by atoms with Gasteiger partial charge in [0.15, 0.2) is 5.11 Å². The van der Waals surface area contributed by atoms with Gasteiger partial charge in [-0.05, 0) is 36.3 Å². The van der Waals surface area contributed by atoms with Gasteiger partial charge >= 0.3 is 0 Å². The van der Waals surface area contributed by atoms with Crippen molar-refractivity contribution >= 4 is 23.5 Å². The van der Waals surface area contributed by atoms with Crippen molar-refractivity contribution < 1.29 is 4.74 Å². The van der Waals surface area contributed by atoms with E-state index in [4.69, 9.17) is 17.0 Å². The van der Waals surface area contributed by atoms with Gasteiger partial charge in [0.1, 0.15) is 5.75 Å². The molecule has 2 N–H and O–H groups in total. The highest BCUT2D eigenvalue weighted by atomic mass is 32.1. The molecule has 0 aliphatic heterocycles. The number of nitrogens with zero attached hydrogens (tertiary/aromatic N) is 1. The number of hydrazone groups is 1. The highest BCUT2D eigenvalue weighted by Crippen LogP contribution is 2.12. The van der Waals surface area contributed by atoms with Crippen molar-refractivity contribution in [1.82, 2.24) is 10.7 Å². The van der Waals surface area contributed by atoms with Crippen LogP contribution in [-0.2, 0) is 0 Å². The first-order valence-corrected chi connectivity index (χ1v) is 6.57. The molecule has 19 heavy (non-hydrogen) atoms. The van der Waals surface area contributed by atoms with Gasteiger partial charge in [0, 0.05) is 6.54 Å². The van der Waals surface area contributed by atoms with Crippen molar-refractivity contribution in [3.8, 4) is 5.75 Å². The van der Waals surface area contributed by atoms with Gasteiger partial charge in [0.25, 0.3) is 0 Å². The molecule has 0 radical (unpaired) electrons. The number of hydrogen-bond acceptors (Lipinski definition) is 3. The second kappa shape index (κ2) is 9.10. The average molecular weight is 277 g/mol. The zero-order chi connectivity index (χ0) is 13.9. The summed E-state index contributed by atoms with van der Waals surface area (Å²) in [5.74, 6) is 0.846. The van der Waals surface area contributed by atoms with Gasteiger partial charge in [-0.25, -0.2) is 0 Å². The van der Waals surface area contributed by atoms with E-state index in [0.29, 0.717) is 18.3 Å². The average Bonchev–Trinajstić information content (AvgIpc) is 2.43. The van der Waals surface area contributed by atoms with Crippen LogP contribution in [0.4, 0.5) is 0 Å². The first-order valence-electron chi connectivity index (χ1n) is 6.17. The summed E-state index contributed by atoms with van der Waals surface area (Å²) in [5.41, 5.74) is 3.68. The molecule has 0 unspecified atom stereocenters. The normalized spacial score (nSPS) is 10.2. The fourth-order valence-corrected chi connectivity index (χ4v) is 1.41. The van der Waals surface area contributed by atoms with Crippen LogP contribution in [0.2, 0.25) is 0 Å². The third-order valence-corrected chi connectivity index (χ3v) is 2.35. The summed E-state index contributed by atoms with van der Waals surface area (Å²) in [6.07, 6.45) is 4.41. The van der Waals surface area contributed by atoms with E-state index in [-0.39, 0.29) is 0 Å². The van der Waals surface area contributed by atoms with E-state index in [9.17, 15) is 0 Å². The van der Waals surface area contributed by atoms with Gasteiger partial charge in [0.2, 0.25) is 0 Å². The number of hydrogen-bond donors (Lipinski definition) is 2. The van der Waals surface area contributed by atoms with E-state index in [0.717, 1.165) is 17.7 Å². The maximum absolute atomic E-state index is 5.55. The number of rotatable bonds is 7. The Balaban J connectivity index is 2.47. The molecule has 1 rings (SSSR count). The highest BCUT2D eigenvalue weighted by molar-refractivity contribution is 7.80. The Labute approximate surface area is 119 Å². The number of nitrogens with one attached hydrogen (secondary N) is 2. The number of thiocarbonyl (C=S) groups is 1. The lowest BCUT2D eigenvalue weighted by Gasteiger charge is -2.05. The molecule has 0 saturated carbocycles. The van der Waals surface area contributed by atoms with Crippen molar-refractivity contribution in [2.45, 2.75) is 13.3 Å². The summed E-state index contributed by atoms with van der Waals surface area (Å²) in [7, 11) is 0. The third kappa shape index (κ3) is 6.57. The van der Waals surface area contributed by atoms with Crippen LogP contribution >= 0.6 is 12.2 Å². The minimum Gasteiger partial charge on any atom is -0.494 e. The smallest absolute Gasteiger partial charge is 0.187 e. The van der Waals surface area contributed by atoms with Gasteiger partial charge in [-0.3, -0.25) is 5.43 Å². The lowest BCUT2D eigenvalue weighted by Crippen LogP contribution is -2.31. The molecule has 5 heteroatoms. The second-order valence-corrected chi connectivity index (χ2v) is 4.20. The van der Waals surface area contributed by atoms with Crippen LogP contribution < -0.4 is 15.5 Å². The molecular weight excluding hydrogens is 258 g/mol. The predicted molar refractivity (Wildman–Crippen MR) is 83.8 cm³/mol. The molecule has 1 aromatic rings. The second-order valence-electron chi connectivity index (χ2n) is 3.79. The van der Waals surface area contributed by atoms with Gasteiger partial charge in [-0.1, -0.05) is 25.1 Å². The lowest BCUT2D eigenvalue weighted by molar-refractivity contribution is 0.317. The fraction of sp³-hybridized carbons (Fsp3) is 0.286. The van der Waals surface area contributed by atoms with E-state index >= 15 is 0 Å². The monoisotopic (exact) mass is 277 g/mol. The van der Waals surface area contributed by atoms with Crippen LogP contribution in [-0.4, -0.2) is 24.5 Å². The molecule has 0 aliphatic carbocycles. The van der Waals surface area contributed by atoms with Gasteiger partial charge in [0.05, 0.1) is 12.8 Å². The lowest BCUT2D eigenvalue weighted by atomic mass is 10.2. The van der Waals surface area contributed by atoms with Gasteiger partial charge < -0.3 is 10.1 Å². The van der Waals surface area contributed by atoms with Crippen LogP contribution in [0.3, 0.4) is 0 Å².